The van der Waals surface area contributed by atoms with Crippen LogP contribution in [0.1, 0.15) is 30.0 Å². The topological polar surface area (TPSA) is 80.5 Å². The van der Waals surface area contributed by atoms with Gasteiger partial charge in [0.1, 0.15) is 17.4 Å². The molecule has 0 radical (unpaired) electrons. The van der Waals surface area contributed by atoms with Crippen molar-refractivity contribution in [2.45, 2.75) is 25.8 Å². The summed E-state index contributed by atoms with van der Waals surface area (Å²) in [5.41, 5.74) is 0.939. The number of amides is 1. The number of nitrogens with zero attached hydrogens (tertiary/aromatic N) is 3. The smallest absolute Gasteiger partial charge is 0.221 e. The number of hydrogen-bond donors (Lipinski definition) is 1. The van der Waals surface area contributed by atoms with Gasteiger partial charge in [0.05, 0.1) is 12.8 Å². The van der Waals surface area contributed by atoms with Crippen LogP contribution in [-0.4, -0.2) is 42.1 Å². The van der Waals surface area contributed by atoms with E-state index < -0.39 is 0 Å². The summed E-state index contributed by atoms with van der Waals surface area (Å²) in [5, 5.41) is 3.61. The molecule has 3 aromatic rings. The maximum atomic E-state index is 13.1. The average molecular weight is 433 g/mol. The van der Waals surface area contributed by atoms with Crippen LogP contribution in [0.3, 0.4) is 0 Å². The molecule has 9 heteroatoms. The van der Waals surface area contributed by atoms with Crippen LogP contribution in [0.2, 0.25) is 0 Å². The van der Waals surface area contributed by atoms with E-state index in [2.05, 4.69) is 14.7 Å². The Morgan fingerprint density at radius 3 is 2.87 bits per heavy atom. The minimum Gasteiger partial charge on any atom is -0.467 e. The molecule has 0 aliphatic heterocycles. The molecule has 0 atom stereocenters. The molecule has 2 aromatic heterocycles. The van der Waals surface area contributed by atoms with Crippen molar-refractivity contribution in [1.29, 1.82) is 0 Å². The summed E-state index contributed by atoms with van der Waals surface area (Å²) < 4.78 is 28.0. The van der Waals surface area contributed by atoms with Gasteiger partial charge in [0.15, 0.2) is 0 Å². The third-order valence-electron chi connectivity index (χ3n) is 4.39. The molecule has 0 unspecified atom stereocenters. The van der Waals surface area contributed by atoms with Crippen LogP contribution >= 0.6 is 11.5 Å². The van der Waals surface area contributed by atoms with Crippen LogP contribution in [0.25, 0.3) is 0 Å². The third-order valence-corrected chi connectivity index (χ3v) is 5.20. The van der Waals surface area contributed by atoms with Crippen molar-refractivity contribution in [1.82, 2.24) is 14.7 Å². The van der Waals surface area contributed by atoms with E-state index in [9.17, 15) is 9.18 Å². The quantitative estimate of drug-likeness (QED) is 0.442. The lowest BCUT2D eigenvalue weighted by Crippen LogP contribution is -2.31. The van der Waals surface area contributed by atoms with E-state index in [0.717, 1.165) is 22.9 Å². The van der Waals surface area contributed by atoms with Crippen molar-refractivity contribution in [2.75, 3.05) is 31.7 Å². The molecule has 30 heavy (non-hydrogen) atoms. The van der Waals surface area contributed by atoms with Gasteiger partial charge in [-0.25, -0.2) is 9.37 Å². The maximum Gasteiger partial charge on any atom is 0.221 e. The summed E-state index contributed by atoms with van der Waals surface area (Å²) in [6, 6.07) is 10.0. The molecule has 0 aliphatic rings. The van der Waals surface area contributed by atoms with Crippen molar-refractivity contribution in [2.24, 2.45) is 0 Å². The fourth-order valence-corrected chi connectivity index (χ4v) is 3.54. The van der Waals surface area contributed by atoms with Crippen molar-refractivity contribution in [3.05, 3.63) is 65.6 Å². The maximum absolute atomic E-state index is 13.1. The minimum atomic E-state index is -0.268. The van der Waals surface area contributed by atoms with Crippen LogP contribution in [0.4, 0.5) is 9.52 Å². The van der Waals surface area contributed by atoms with Gasteiger partial charge in [0.25, 0.3) is 0 Å². The van der Waals surface area contributed by atoms with E-state index in [1.807, 2.05) is 17.0 Å². The highest BCUT2D eigenvalue weighted by atomic mass is 32.1. The van der Waals surface area contributed by atoms with E-state index in [4.69, 9.17) is 9.15 Å². The lowest BCUT2D eigenvalue weighted by Gasteiger charge is -2.20. The predicted molar refractivity (Wildman–Crippen MR) is 113 cm³/mol. The Morgan fingerprint density at radius 2 is 2.13 bits per heavy atom. The molecule has 0 spiro atoms. The molecule has 1 aromatic carbocycles. The third kappa shape index (κ3) is 6.93. The number of ether oxygens (including phenoxy) is 1. The second-order valence-electron chi connectivity index (χ2n) is 6.74. The van der Waals surface area contributed by atoms with Crippen LogP contribution in [0.5, 0.6) is 0 Å². The summed E-state index contributed by atoms with van der Waals surface area (Å²) >= 11 is 1.28. The number of methoxy groups -OCH3 is 1. The average Bonchev–Trinajstić information content (AvgIpc) is 3.42. The van der Waals surface area contributed by atoms with Gasteiger partial charge in [-0.1, -0.05) is 12.1 Å². The van der Waals surface area contributed by atoms with Crippen molar-refractivity contribution in [3.63, 3.8) is 0 Å². The Labute approximate surface area is 179 Å². The summed E-state index contributed by atoms with van der Waals surface area (Å²) in [7, 11) is 1.64. The molecule has 0 saturated heterocycles. The molecular weight excluding hydrogens is 407 g/mol. The highest BCUT2D eigenvalue weighted by Gasteiger charge is 2.16. The zero-order valence-corrected chi connectivity index (χ0v) is 17.7. The fraction of sp³-hybridized carbons (Fsp3) is 0.381. The Morgan fingerprint density at radius 1 is 1.30 bits per heavy atom. The first-order chi connectivity index (χ1) is 14.6. The number of anilines is 1. The number of carbonyl (C=O) groups is 1. The molecular formula is C21H25FN4O3S. The number of furan rings is 1. The number of benzene rings is 1. The van der Waals surface area contributed by atoms with E-state index in [0.29, 0.717) is 44.9 Å². The fourth-order valence-electron chi connectivity index (χ4n) is 2.83. The molecule has 3 rings (SSSR count). The van der Waals surface area contributed by atoms with Gasteiger partial charge in [-0.2, -0.15) is 4.37 Å². The first-order valence-corrected chi connectivity index (χ1v) is 10.5. The van der Waals surface area contributed by atoms with Gasteiger partial charge in [-0.05, 0) is 36.2 Å². The summed E-state index contributed by atoms with van der Waals surface area (Å²) in [4.78, 5) is 18.8. The molecule has 0 saturated carbocycles. The monoisotopic (exact) mass is 432 g/mol. The summed E-state index contributed by atoms with van der Waals surface area (Å²) in [6.07, 6.45) is 3.25. The van der Waals surface area contributed by atoms with Crippen molar-refractivity contribution < 1.29 is 18.3 Å². The molecule has 0 fully saturated rings. The summed E-state index contributed by atoms with van der Waals surface area (Å²) in [5.74, 6) is 1.16. The largest absolute Gasteiger partial charge is 0.467 e. The zero-order chi connectivity index (χ0) is 21.2. The van der Waals surface area contributed by atoms with Gasteiger partial charge >= 0.3 is 0 Å². The highest BCUT2D eigenvalue weighted by molar-refractivity contribution is 7.09. The first-order valence-electron chi connectivity index (χ1n) is 9.74. The Hall–Kier alpha value is -2.78. The number of aromatic nitrogens is 2. The van der Waals surface area contributed by atoms with Crippen LogP contribution in [-0.2, 0) is 22.5 Å². The van der Waals surface area contributed by atoms with E-state index in [1.54, 1.807) is 25.5 Å². The van der Waals surface area contributed by atoms with Gasteiger partial charge < -0.3 is 19.4 Å². The van der Waals surface area contributed by atoms with Gasteiger partial charge in [0.2, 0.25) is 11.0 Å². The Balaban J connectivity index is 1.61. The molecule has 7 nitrogen and oxygen atoms in total. The molecule has 0 aliphatic carbocycles. The van der Waals surface area contributed by atoms with Crippen LogP contribution in [0, 0.1) is 5.82 Å². The van der Waals surface area contributed by atoms with Gasteiger partial charge in [0, 0.05) is 51.2 Å². The zero-order valence-electron chi connectivity index (χ0n) is 16.8. The second-order valence-corrected chi connectivity index (χ2v) is 7.47. The normalized spacial score (nSPS) is 10.9. The molecule has 1 amide bonds. The van der Waals surface area contributed by atoms with E-state index in [-0.39, 0.29) is 11.7 Å². The standard InChI is InChI=1S/C21H25FN4O3S/c1-28-12-3-10-23-20(27)9-11-26(15-18-4-2-13-29-18)21-24-19(25-30-21)14-16-5-7-17(22)8-6-16/h2,4-8,13H,3,9-12,14-15H2,1H3,(H,23,27). The molecule has 1 N–H and O–H groups in total. The Kier molecular flexibility index (Phi) is 8.34. The number of hydrogen-bond acceptors (Lipinski definition) is 7. The number of carbonyl (C=O) groups excluding carboxylic acids is 1. The van der Waals surface area contributed by atoms with Crippen molar-refractivity contribution in [3.8, 4) is 0 Å². The summed E-state index contributed by atoms with van der Waals surface area (Å²) in [6.45, 7) is 2.19. The van der Waals surface area contributed by atoms with Crippen molar-refractivity contribution >= 4 is 22.6 Å². The Bertz CT molecular complexity index is 899. The first kappa shape index (κ1) is 21.9. The number of rotatable bonds is 12. The molecule has 0 bridgehead atoms. The lowest BCUT2D eigenvalue weighted by atomic mass is 10.1. The van der Waals surface area contributed by atoms with Gasteiger partial charge in [-0.15, -0.1) is 0 Å². The number of halogens is 1. The molecule has 2 heterocycles. The van der Waals surface area contributed by atoms with E-state index in [1.165, 1.54) is 23.7 Å². The predicted octanol–water partition coefficient (Wildman–Crippen LogP) is 3.41. The van der Waals surface area contributed by atoms with E-state index >= 15 is 0 Å². The SMILES string of the molecule is COCCCNC(=O)CCN(Cc1ccco1)c1nc(Cc2ccc(F)cc2)ns1. The lowest BCUT2D eigenvalue weighted by molar-refractivity contribution is -0.120. The van der Waals surface area contributed by atoms with Crippen LogP contribution in [0.15, 0.2) is 47.1 Å². The highest BCUT2D eigenvalue weighted by Crippen LogP contribution is 2.22. The molecule has 160 valence electrons. The minimum absolute atomic E-state index is 0.0217. The van der Waals surface area contributed by atoms with Crippen LogP contribution < -0.4 is 10.2 Å². The number of nitrogens with one attached hydrogen (secondary N) is 1. The second kappa shape index (κ2) is 11.4. The van der Waals surface area contributed by atoms with Gasteiger partial charge in [-0.3, -0.25) is 4.79 Å².